The van der Waals surface area contributed by atoms with Crippen LogP contribution in [0.1, 0.15) is 36.8 Å². The van der Waals surface area contributed by atoms with Crippen molar-refractivity contribution in [1.29, 1.82) is 0 Å². The van der Waals surface area contributed by atoms with Crippen LogP contribution in [0.2, 0.25) is 0 Å². The van der Waals surface area contributed by atoms with Crippen molar-refractivity contribution in [2.24, 2.45) is 5.41 Å². The third-order valence-corrected chi connectivity index (χ3v) is 5.91. The highest BCUT2D eigenvalue weighted by Gasteiger charge is 2.46. The first-order valence-electron chi connectivity index (χ1n) is 9.97. The zero-order chi connectivity index (χ0) is 22.5. The van der Waals surface area contributed by atoms with Crippen molar-refractivity contribution in [3.8, 4) is 0 Å². The van der Waals surface area contributed by atoms with Gasteiger partial charge in [-0.15, -0.1) is 0 Å². The molecule has 1 aromatic rings. The van der Waals surface area contributed by atoms with Gasteiger partial charge in [0.25, 0.3) is 0 Å². The van der Waals surface area contributed by atoms with E-state index >= 15 is 0 Å². The Hall–Kier alpha value is -2.29. The predicted octanol–water partition coefficient (Wildman–Crippen LogP) is 3.64. The number of nitrogens with one attached hydrogen (secondary N) is 1. The Morgan fingerprint density at radius 2 is 1.73 bits per heavy atom. The molecule has 1 aliphatic heterocycles. The van der Waals surface area contributed by atoms with Crippen LogP contribution >= 0.6 is 0 Å². The summed E-state index contributed by atoms with van der Waals surface area (Å²) in [5.74, 6) is -2.76. The molecule has 1 spiro atoms. The normalized spacial score (nSPS) is 18.7. The smallest absolute Gasteiger partial charge is 0.475 e. The second-order valence-corrected chi connectivity index (χ2v) is 8.45. The summed E-state index contributed by atoms with van der Waals surface area (Å²) in [5.41, 5.74) is 3.34. The van der Waals surface area contributed by atoms with Crippen molar-refractivity contribution >= 4 is 12.0 Å². The number of piperidine rings is 1. The third kappa shape index (κ3) is 6.62. The van der Waals surface area contributed by atoms with E-state index in [1.165, 1.54) is 37.1 Å². The quantitative estimate of drug-likeness (QED) is 0.770. The molecule has 1 saturated heterocycles. The number of amides is 2. The number of hydrogen-bond acceptors (Lipinski definition) is 3. The Kier molecular flexibility index (Phi) is 7.74. The van der Waals surface area contributed by atoms with Crippen molar-refractivity contribution in [1.82, 2.24) is 15.1 Å². The molecule has 9 heteroatoms. The molecule has 0 radical (unpaired) electrons. The molecule has 1 saturated carbocycles. The predicted molar refractivity (Wildman–Crippen MR) is 107 cm³/mol. The van der Waals surface area contributed by atoms with Gasteiger partial charge in [0.2, 0.25) is 0 Å². The van der Waals surface area contributed by atoms with Crippen molar-refractivity contribution in [3.05, 3.63) is 35.4 Å². The van der Waals surface area contributed by atoms with Crippen LogP contribution in [-0.4, -0.2) is 66.3 Å². The lowest BCUT2D eigenvalue weighted by atomic mass is 9.60. The van der Waals surface area contributed by atoms with Gasteiger partial charge >= 0.3 is 18.2 Å². The Balaban J connectivity index is 0.000000396. The maximum atomic E-state index is 11.7. The maximum Gasteiger partial charge on any atom is 0.490 e. The van der Waals surface area contributed by atoms with Crippen LogP contribution in [0.5, 0.6) is 0 Å². The average molecular weight is 429 g/mol. The van der Waals surface area contributed by atoms with Gasteiger partial charge in [0.1, 0.15) is 0 Å². The number of rotatable bonds is 3. The number of likely N-dealkylation sites (tertiary alicyclic amines) is 1. The molecular weight excluding hydrogens is 399 g/mol. The van der Waals surface area contributed by atoms with Crippen molar-refractivity contribution in [2.75, 3.05) is 27.2 Å². The van der Waals surface area contributed by atoms with Gasteiger partial charge in [-0.2, -0.15) is 13.2 Å². The van der Waals surface area contributed by atoms with E-state index in [1.807, 2.05) is 0 Å². The van der Waals surface area contributed by atoms with E-state index in [2.05, 4.69) is 41.4 Å². The van der Waals surface area contributed by atoms with Gasteiger partial charge < -0.3 is 15.3 Å². The third-order valence-electron chi connectivity index (χ3n) is 5.91. The molecule has 6 nitrogen and oxygen atoms in total. The fourth-order valence-electron chi connectivity index (χ4n) is 4.01. The van der Waals surface area contributed by atoms with Gasteiger partial charge in [-0.1, -0.05) is 24.3 Å². The lowest BCUT2D eigenvalue weighted by Crippen LogP contribution is -2.56. The summed E-state index contributed by atoms with van der Waals surface area (Å²) >= 11 is 0. The fraction of sp³-hybridized carbons (Fsp3) is 0.619. The molecule has 2 N–H and O–H groups in total. The molecule has 0 aromatic heterocycles. The number of nitrogens with zero attached hydrogens (tertiary/aromatic N) is 2. The molecule has 2 amide bonds. The topological polar surface area (TPSA) is 72.9 Å². The summed E-state index contributed by atoms with van der Waals surface area (Å²) < 4.78 is 31.7. The van der Waals surface area contributed by atoms with Gasteiger partial charge in [-0.3, -0.25) is 4.90 Å². The van der Waals surface area contributed by atoms with E-state index in [4.69, 9.17) is 9.90 Å². The van der Waals surface area contributed by atoms with E-state index in [9.17, 15) is 18.0 Å². The minimum Gasteiger partial charge on any atom is -0.475 e. The molecule has 1 aromatic carbocycles. The second kappa shape index (κ2) is 9.68. The highest BCUT2D eigenvalue weighted by molar-refractivity contribution is 5.74. The number of benzene rings is 1. The second-order valence-electron chi connectivity index (χ2n) is 8.45. The van der Waals surface area contributed by atoms with Crippen LogP contribution in [0.15, 0.2) is 24.3 Å². The molecule has 0 atom stereocenters. The zero-order valence-electron chi connectivity index (χ0n) is 17.6. The number of carboxylic acid groups (broad SMARTS) is 1. The van der Waals surface area contributed by atoms with E-state index in [0.717, 1.165) is 19.4 Å². The van der Waals surface area contributed by atoms with Gasteiger partial charge in [-0.25, -0.2) is 9.59 Å². The monoisotopic (exact) mass is 429 g/mol. The molecule has 1 aliphatic carbocycles. The maximum absolute atomic E-state index is 11.7. The summed E-state index contributed by atoms with van der Waals surface area (Å²) in [6.45, 7) is 5.64. The summed E-state index contributed by atoms with van der Waals surface area (Å²) in [4.78, 5) is 24.8. The Bertz CT molecular complexity index is 737. The number of urea groups is 1. The summed E-state index contributed by atoms with van der Waals surface area (Å²) in [5, 5.41) is 10.2. The van der Waals surface area contributed by atoms with Crippen molar-refractivity contribution in [2.45, 2.75) is 51.4 Å². The number of carboxylic acids is 1. The fourth-order valence-corrected chi connectivity index (χ4v) is 4.01. The average Bonchev–Trinajstić information content (AvgIpc) is 2.63. The number of aliphatic carboxylic acids is 1. The van der Waals surface area contributed by atoms with Gasteiger partial charge in [0.15, 0.2) is 0 Å². The number of carbonyl (C=O) groups is 2. The van der Waals surface area contributed by atoms with E-state index in [1.54, 1.807) is 19.0 Å². The SMILES string of the molecule is Cc1ccccc1CN1CCC2(CC1)CC(NC(=O)N(C)C)C2.O=C(O)C(F)(F)F. The van der Waals surface area contributed by atoms with E-state index in [0.29, 0.717) is 11.5 Å². The minimum atomic E-state index is -5.08. The first kappa shape index (κ1) is 24.0. The lowest BCUT2D eigenvalue weighted by Gasteiger charge is -2.52. The molecule has 1 heterocycles. The van der Waals surface area contributed by atoms with Crippen LogP contribution < -0.4 is 5.32 Å². The highest BCUT2D eigenvalue weighted by atomic mass is 19.4. The zero-order valence-corrected chi connectivity index (χ0v) is 17.6. The molecule has 3 rings (SSSR count). The first-order chi connectivity index (χ1) is 13.9. The summed E-state index contributed by atoms with van der Waals surface area (Å²) in [6.07, 6.45) is -0.226. The van der Waals surface area contributed by atoms with Crippen molar-refractivity contribution < 1.29 is 27.9 Å². The van der Waals surface area contributed by atoms with Crippen LogP contribution in [0.25, 0.3) is 0 Å². The number of halogens is 3. The van der Waals surface area contributed by atoms with Crippen LogP contribution in [0.3, 0.4) is 0 Å². The molecule has 30 heavy (non-hydrogen) atoms. The number of alkyl halides is 3. The number of aryl methyl sites for hydroxylation is 1. The first-order valence-corrected chi connectivity index (χ1v) is 9.97. The Morgan fingerprint density at radius 1 is 1.20 bits per heavy atom. The molecule has 2 fully saturated rings. The molecule has 0 bridgehead atoms. The minimum absolute atomic E-state index is 0.0434. The van der Waals surface area contributed by atoms with Gasteiger partial charge in [0.05, 0.1) is 0 Å². The van der Waals surface area contributed by atoms with Crippen molar-refractivity contribution in [3.63, 3.8) is 0 Å². The Morgan fingerprint density at radius 3 is 2.20 bits per heavy atom. The Labute approximate surface area is 175 Å². The largest absolute Gasteiger partial charge is 0.490 e. The van der Waals surface area contributed by atoms with E-state index < -0.39 is 12.1 Å². The number of hydrogen-bond donors (Lipinski definition) is 2. The highest BCUT2D eigenvalue weighted by Crippen LogP contribution is 2.49. The van der Waals surface area contributed by atoms with Gasteiger partial charge in [0, 0.05) is 26.7 Å². The van der Waals surface area contributed by atoms with Crippen LogP contribution in [0.4, 0.5) is 18.0 Å². The standard InChI is InChI=1S/C19H29N3O.C2HF3O2/c1-15-6-4-5-7-16(15)14-22-10-8-19(9-11-22)12-17(13-19)20-18(23)21(2)3;3-2(4,5)1(6)7/h4-7,17H,8-14H2,1-3H3,(H,20,23);(H,6,7). The lowest BCUT2D eigenvalue weighted by molar-refractivity contribution is -0.192. The van der Waals surface area contributed by atoms with Crippen LogP contribution in [0, 0.1) is 12.3 Å². The molecular formula is C21H30F3N3O3. The molecule has 0 unspecified atom stereocenters. The molecule has 2 aliphatic rings. The van der Waals surface area contributed by atoms with Gasteiger partial charge in [-0.05, 0) is 62.2 Å². The van der Waals surface area contributed by atoms with E-state index in [-0.39, 0.29) is 6.03 Å². The van der Waals surface area contributed by atoms with Crippen LogP contribution in [-0.2, 0) is 11.3 Å². The summed E-state index contributed by atoms with van der Waals surface area (Å²) in [6, 6.07) is 9.12. The summed E-state index contributed by atoms with van der Waals surface area (Å²) in [7, 11) is 3.60. The number of carbonyl (C=O) groups excluding carboxylic acids is 1. The molecule has 168 valence electrons.